The first kappa shape index (κ1) is 12.8. The third-order valence-corrected chi connectivity index (χ3v) is 2.82. The van der Waals surface area contributed by atoms with Crippen LogP contribution in [-0.4, -0.2) is 23.5 Å². The number of nitrogens with zero attached hydrogens (tertiary/aromatic N) is 1. The number of hydrogen-bond donors (Lipinski definition) is 0. The number of hydrogen-bond acceptors (Lipinski definition) is 1. The molecular weight excluding hydrogens is 257 g/mol. The molecule has 2 nitrogen and oxygen atoms in total. The lowest BCUT2D eigenvalue weighted by Crippen LogP contribution is -2.43. The number of amides is 1. The lowest BCUT2D eigenvalue weighted by atomic mass is 9.99. The first-order valence-corrected chi connectivity index (χ1v) is 5.12. The number of carbonyl (C=O) groups is 1. The summed E-state index contributed by atoms with van der Waals surface area (Å²) in [7, 11) is 0. The van der Waals surface area contributed by atoms with Crippen molar-refractivity contribution in [1.82, 2.24) is 4.90 Å². The summed E-state index contributed by atoms with van der Waals surface area (Å²) >= 11 is 0. The zero-order valence-corrected chi connectivity index (χ0v) is 9.02. The Hall–Kier alpha value is -1.66. The van der Waals surface area contributed by atoms with Gasteiger partial charge in [-0.25, -0.2) is 8.78 Å². The highest BCUT2D eigenvalue weighted by atomic mass is 19.4. The summed E-state index contributed by atoms with van der Waals surface area (Å²) in [6.45, 7) is -0.628. The van der Waals surface area contributed by atoms with E-state index in [4.69, 9.17) is 0 Å². The van der Waals surface area contributed by atoms with Gasteiger partial charge in [0.05, 0.1) is 0 Å². The average Bonchev–Trinajstić information content (AvgIpc) is 2.31. The molecule has 0 aromatic heterocycles. The van der Waals surface area contributed by atoms with Crippen molar-refractivity contribution in [3.8, 4) is 0 Å². The van der Waals surface area contributed by atoms with Gasteiger partial charge in [0.1, 0.15) is 0 Å². The fourth-order valence-corrected chi connectivity index (χ4v) is 1.94. The fraction of sp³-hybridized carbons (Fsp3) is 0.364. The van der Waals surface area contributed by atoms with Gasteiger partial charge in [-0.3, -0.25) is 4.79 Å². The second kappa shape index (κ2) is 4.22. The van der Waals surface area contributed by atoms with Gasteiger partial charge in [0.25, 0.3) is 0 Å². The standard InChI is InChI=1S/C11H8F5NO/c12-8-2-1-6-5-17(10(18)11(14,15)16)4-3-7(6)9(8)13/h1-2H,3-5H2. The van der Waals surface area contributed by atoms with Crippen LogP contribution in [-0.2, 0) is 17.8 Å². The van der Waals surface area contributed by atoms with E-state index < -0.39 is 23.7 Å². The van der Waals surface area contributed by atoms with Crippen LogP contribution in [0.5, 0.6) is 0 Å². The van der Waals surface area contributed by atoms with Gasteiger partial charge in [-0.1, -0.05) is 6.07 Å². The van der Waals surface area contributed by atoms with E-state index >= 15 is 0 Å². The molecule has 0 spiro atoms. The molecule has 98 valence electrons. The maximum atomic E-state index is 13.3. The molecule has 2 rings (SSSR count). The van der Waals surface area contributed by atoms with E-state index in [2.05, 4.69) is 0 Å². The molecule has 0 bridgehead atoms. The van der Waals surface area contributed by atoms with Crippen LogP contribution < -0.4 is 0 Å². The Bertz CT molecular complexity index is 497. The number of halogens is 5. The molecule has 0 saturated heterocycles. The van der Waals surface area contributed by atoms with Crippen molar-refractivity contribution < 1.29 is 26.7 Å². The molecule has 0 aliphatic carbocycles. The third-order valence-electron chi connectivity index (χ3n) is 2.82. The topological polar surface area (TPSA) is 20.3 Å². The van der Waals surface area contributed by atoms with Gasteiger partial charge in [-0.05, 0) is 23.6 Å². The molecule has 1 aliphatic rings. The highest BCUT2D eigenvalue weighted by molar-refractivity contribution is 5.82. The molecule has 18 heavy (non-hydrogen) atoms. The van der Waals surface area contributed by atoms with Gasteiger partial charge in [-0.2, -0.15) is 13.2 Å². The maximum absolute atomic E-state index is 13.3. The minimum absolute atomic E-state index is 0.0428. The van der Waals surface area contributed by atoms with Gasteiger partial charge in [0.2, 0.25) is 0 Å². The second-order valence-corrected chi connectivity index (χ2v) is 3.97. The summed E-state index contributed by atoms with van der Waals surface area (Å²) in [6.07, 6.45) is -5.07. The minimum atomic E-state index is -4.95. The van der Waals surface area contributed by atoms with Crippen LogP contribution >= 0.6 is 0 Å². The highest BCUT2D eigenvalue weighted by Gasteiger charge is 2.43. The number of carbonyl (C=O) groups excluding carboxylic acids is 1. The van der Waals surface area contributed by atoms with Crippen LogP contribution in [0.2, 0.25) is 0 Å². The van der Waals surface area contributed by atoms with E-state index in [1.165, 1.54) is 6.07 Å². The summed E-state index contributed by atoms with van der Waals surface area (Å²) < 4.78 is 62.9. The molecule has 0 radical (unpaired) electrons. The SMILES string of the molecule is O=C(N1CCc2c(ccc(F)c2F)C1)C(F)(F)F. The molecule has 0 unspecified atom stereocenters. The molecule has 0 saturated carbocycles. The first-order chi connectivity index (χ1) is 8.30. The van der Waals surface area contributed by atoms with Crippen molar-refractivity contribution in [3.63, 3.8) is 0 Å². The smallest absolute Gasteiger partial charge is 0.330 e. The Balaban J connectivity index is 2.27. The van der Waals surface area contributed by atoms with Crippen LogP contribution in [0, 0.1) is 11.6 Å². The lowest BCUT2D eigenvalue weighted by Gasteiger charge is -2.29. The summed E-state index contributed by atoms with van der Waals surface area (Å²) in [5, 5.41) is 0. The van der Waals surface area contributed by atoms with Crippen LogP contribution in [0.15, 0.2) is 12.1 Å². The normalized spacial score (nSPS) is 15.5. The number of benzene rings is 1. The Morgan fingerprint density at radius 3 is 2.50 bits per heavy atom. The number of fused-ring (bicyclic) bond motifs is 1. The van der Waals surface area contributed by atoms with Crippen LogP contribution in [0.4, 0.5) is 22.0 Å². The van der Waals surface area contributed by atoms with Crippen molar-refractivity contribution in [1.29, 1.82) is 0 Å². The van der Waals surface area contributed by atoms with Gasteiger partial charge in [-0.15, -0.1) is 0 Å². The van der Waals surface area contributed by atoms with Crippen molar-refractivity contribution in [2.45, 2.75) is 19.1 Å². The monoisotopic (exact) mass is 265 g/mol. The Morgan fingerprint density at radius 1 is 1.22 bits per heavy atom. The van der Waals surface area contributed by atoms with Crippen molar-refractivity contribution in [2.75, 3.05) is 6.54 Å². The van der Waals surface area contributed by atoms with E-state index in [1.54, 1.807) is 0 Å². The zero-order chi connectivity index (χ0) is 13.5. The minimum Gasteiger partial charge on any atom is -0.330 e. The second-order valence-electron chi connectivity index (χ2n) is 3.97. The number of alkyl halides is 3. The van der Waals surface area contributed by atoms with E-state index in [0.29, 0.717) is 4.90 Å². The molecule has 1 aromatic rings. The summed E-state index contributed by atoms with van der Waals surface area (Å²) in [5.74, 6) is -4.05. The van der Waals surface area contributed by atoms with Crippen LogP contribution in [0.1, 0.15) is 11.1 Å². The molecular formula is C11H8F5NO. The van der Waals surface area contributed by atoms with Gasteiger partial charge >= 0.3 is 12.1 Å². The van der Waals surface area contributed by atoms with E-state index in [1.807, 2.05) is 0 Å². The van der Waals surface area contributed by atoms with Crippen LogP contribution in [0.3, 0.4) is 0 Å². The molecule has 0 atom stereocenters. The maximum Gasteiger partial charge on any atom is 0.471 e. The van der Waals surface area contributed by atoms with E-state index in [9.17, 15) is 26.7 Å². The quantitative estimate of drug-likeness (QED) is 0.660. The number of rotatable bonds is 0. The van der Waals surface area contributed by atoms with Crippen molar-refractivity contribution >= 4 is 5.91 Å². The fourth-order valence-electron chi connectivity index (χ4n) is 1.94. The first-order valence-electron chi connectivity index (χ1n) is 5.12. The predicted molar refractivity (Wildman–Crippen MR) is 51.5 cm³/mol. The van der Waals surface area contributed by atoms with Crippen molar-refractivity contribution in [2.24, 2.45) is 0 Å². The molecule has 0 N–H and O–H groups in total. The Kier molecular flexibility index (Phi) is 3.00. The largest absolute Gasteiger partial charge is 0.471 e. The lowest BCUT2D eigenvalue weighted by molar-refractivity contribution is -0.186. The molecule has 7 heteroatoms. The summed E-state index contributed by atoms with van der Waals surface area (Å²) in [4.78, 5) is 11.6. The molecule has 1 aliphatic heterocycles. The van der Waals surface area contributed by atoms with E-state index in [-0.39, 0.29) is 30.6 Å². The van der Waals surface area contributed by atoms with Crippen molar-refractivity contribution in [3.05, 3.63) is 34.9 Å². The molecule has 1 heterocycles. The molecule has 1 aromatic carbocycles. The van der Waals surface area contributed by atoms with E-state index in [0.717, 1.165) is 6.07 Å². The summed E-state index contributed by atoms with van der Waals surface area (Å²) in [5.41, 5.74) is 0.249. The summed E-state index contributed by atoms with van der Waals surface area (Å²) in [6, 6.07) is 2.04. The van der Waals surface area contributed by atoms with Gasteiger partial charge in [0.15, 0.2) is 11.6 Å². The van der Waals surface area contributed by atoms with Crippen LogP contribution in [0.25, 0.3) is 0 Å². The Morgan fingerprint density at radius 2 is 1.89 bits per heavy atom. The highest BCUT2D eigenvalue weighted by Crippen LogP contribution is 2.27. The predicted octanol–water partition coefficient (Wildman–Crippen LogP) is 2.41. The molecule has 1 amide bonds. The van der Waals surface area contributed by atoms with Gasteiger partial charge < -0.3 is 4.90 Å². The third kappa shape index (κ3) is 2.16. The molecule has 0 fully saturated rings. The Labute approximate surface area is 99.0 Å². The average molecular weight is 265 g/mol. The zero-order valence-electron chi connectivity index (χ0n) is 9.02. The van der Waals surface area contributed by atoms with Gasteiger partial charge in [0, 0.05) is 13.1 Å².